The summed E-state index contributed by atoms with van der Waals surface area (Å²) in [4.78, 5) is 11.4. The van der Waals surface area contributed by atoms with Gasteiger partial charge in [0.25, 0.3) is 5.91 Å². The Hall–Kier alpha value is -2.80. The number of rotatable bonds is 2. The molecular formula is C16H13N2O4S-. The highest BCUT2D eigenvalue weighted by molar-refractivity contribution is 7.96. The molecule has 6 nitrogen and oxygen atoms in total. The van der Waals surface area contributed by atoms with Crippen LogP contribution in [0.3, 0.4) is 0 Å². The van der Waals surface area contributed by atoms with Gasteiger partial charge in [0.2, 0.25) is 9.84 Å². The highest BCUT2D eigenvalue weighted by atomic mass is 32.2. The first kappa shape index (κ1) is 15.1. The maximum absolute atomic E-state index is 12.5. The van der Waals surface area contributed by atoms with E-state index in [0.717, 1.165) is 5.56 Å². The quantitative estimate of drug-likeness (QED) is 0.867. The fourth-order valence-electron chi connectivity index (χ4n) is 2.27. The molecular weight excluding hydrogens is 316 g/mol. The number of anilines is 2. The number of carbonyl (C=O) groups is 1. The number of sulfone groups is 1. The maximum atomic E-state index is 12.5. The molecule has 0 aromatic heterocycles. The van der Waals surface area contributed by atoms with Gasteiger partial charge < -0.3 is 15.7 Å². The zero-order valence-corrected chi connectivity index (χ0v) is 13.0. The van der Waals surface area contributed by atoms with Crippen molar-refractivity contribution in [1.29, 1.82) is 0 Å². The molecule has 3 rings (SSSR count). The molecule has 0 bridgehead atoms. The predicted molar refractivity (Wildman–Crippen MR) is 84.1 cm³/mol. The first-order chi connectivity index (χ1) is 10.9. The largest absolute Gasteiger partial charge is 0.859 e. The van der Waals surface area contributed by atoms with Gasteiger partial charge in [-0.3, -0.25) is 4.79 Å². The molecule has 2 N–H and O–H groups in total. The van der Waals surface area contributed by atoms with Gasteiger partial charge in [0.1, 0.15) is 4.91 Å². The van der Waals surface area contributed by atoms with E-state index in [2.05, 4.69) is 10.6 Å². The van der Waals surface area contributed by atoms with Crippen molar-refractivity contribution in [2.24, 2.45) is 0 Å². The third-order valence-electron chi connectivity index (χ3n) is 3.42. The monoisotopic (exact) mass is 329 g/mol. The van der Waals surface area contributed by atoms with Crippen molar-refractivity contribution < 1.29 is 18.3 Å². The van der Waals surface area contributed by atoms with E-state index in [9.17, 15) is 18.3 Å². The molecule has 1 amide bonds. The average Bonchev–Trinajstić information content (AvgIpc) is 2.49. The summed E-state index contributed by atoms with van der Waals surface area (Å²) >= 11 is 0. The Bertz CT molecular complexity index is 915. The fourth-order valence-corrected chi connectivity index (χ4v) is 3.74. The highest BCUT2D eigenvalue weighted by Gasteiger charge is 2.33. The topological polar surface area (TPSA) is 98.3 Å². The summed E-state index contributed by atoms with van der Waals surface area (Å²) < 4.78 is 25.1. The van der Waals surface area contributed by atoms with Crippen molar-refractivity contribution in [3.8, 4) is 0 Å². The Labute approximate surface area is 133 Å². The van der Waals surface area contributed by atoms with Crippen LogP contribution < -0.4 is 15.7 Å². The van der Waals surface area contributed by atoms with Crippen LogP contribution in [0, 0.1) is 6.92 Å². The lowest BCUT2D eigenvalue weighted by Crippen LogP contribution is -2.32. The van der Waals surface area contributed by atoms with E-state index in [1.165, 1.54) is 18.2 Å². The lowest BCUT2D eigenvalue weighted by molar-refractivity contribution is -0.300. The van der Waals surface area contributed by atoms with Crippen molar-refractivity contribution >= 4 is 27.1 Å². The molecule has 7 heteroatoms. The third kappa shape index (κ3) is 2.66. The maximum Gasteiger partial charge on any atom is 0.268 e. The number of carbonyl (C=O) groups excluding carboxylic acids is 1. The Morgan fingerprint density at radius 1 is 1.09 bits per heavy atom. The van der Waals surface area contributed by atoms with Gasteiger partial charge in [-0.15, -0.1) is 0 Å². The Balaban J connectivity index is 1.98. The molecule has 118 valence electrons. The molecule has 1 aliphatic rings. The number of benzene rings is 2. The summed E-state index contributed by atoms with van der Waals surface area (Å²) in [7, 11) is -4.17. The molecule has 0 spiro atoms. The first-order valence-corrected chi connectivity index (χ1v) is 8.28. The van der Waals surface area contributed by atoms with Crippen LogP contribution in [-0.2, 0) is 14.6 Å². The van der Waals surface area contributed by atoms with Crippen molar-refractivity contribution in [2.75, 3.05) is 10.6 Å². The predicted octanol–water partition coefficient (Wildman–Crippen LogP) is 1.36. The van der Waals surface area contributed by atoms with Crippen molar-refractivity contribution in [2.45, 2.75) is 11.8 Å². The van der Waals surface area contributed by atoms with E-state index < -0.39 is 26.5 Å². The lowest BCUT2D eigenvalue weighted by Gasteiger charge is -2.27. The van der Waals surface area contributed by atoms with Crippen molar-refractivity contribution in [3.05, 3.63) is 64.9 Å². The molecule has 0 atom stereocenters. The van der Waals surface area contributed by atoms with Gasteiger partial charge in [0.05, 0.1) is 10.6 Å². The van der Waals surface area contributed by atoms with Crippen LogP contribution in [0.25, 0.3) is 0 Å². The molecule has 0 saturated heterocycles. The fraction of sp³-hybridized carbons (Fsp3) is 0.0625. The Kier molecular flexibility index (Phi) is 3.57. The standard InChI is InChI=1S/C16H14N2O4S/c1-10-6-8-11(9-7-10)17-15(19)14-16(20)18-12-4-2-3-5-13(12)23(14,21)22/h2-9,18,20H,1H3,(H,17,19)/p-1. The highest BCUT2D eigenvalue weighted by Crippen LogP contribution is 2.33. The SMILES string of the molecule is Cc1ccc(NC(=O)C2=C([O-])Nc3ccccc3S2(=O)=O)cc1. The van der Waals surface area contributed by atoms with E-state index in [4.69, 9.17) is 0 Å². The molecule has 0 radical (unpaired) electrons. The van der Waals surface area contributed by atoms with E-state index in [0.29, 0.717) is 5.69 Å². The van der Waals surface area contributed by atoms with Crippen LogP contribution in [0.15, 0.2) is 64.2 Å². The summed E-state index contributed by atoms with van der Waals surface area (Å²) in [5.74, 6) is -1.89. The van der Waals surface area contributed by atoms with Crippen LogP contribution in [0.1, 0.15) is 5.56 Å². The molecule has 0 fully saturated rings. The second-order valence-electron chi connectivity index (χ2n) is 5.10. The van der Waals surface area contributed by atoms with Gasteiger partial charge in [-0.1, -0.05) is 29.8 Å². The average molecular weight is 329 g/mol. The van der Waals surface area contributed by atoms with Gasteiger partial charge >= 0.3 is 0 Å². The molecule has 1 heterocycles. The minimum atomic E-state index is -4.17. The first-order valence-electron chi connectivity index (χ1n) is 6.80. The van der Waals surface area contributed by atoms with Crippen molar-refractivity contribution in [1.82, 2.24) is 0 Å². The number of hydrogen-bond acceptors (Lipinski definition) is 5. The van der Waals surface area contributed by atoms with Crippen LogP contribution in [0.5, 0.6) is 0 Å². The number of amides is 1. The third-order valence-corrected chi connectivity index (χ3v) is 5.26. The summed E-state index contributed by atoms with van der Waals surface area (Å²) in [6.45, 7) is 1.89. The lowest BCUT2D eigenvalue weighted by atomic mass is 10.2. The summed E-state index contributed by atoms with van der Waals surface area (Å²) in [5.41, 5.74) is 1.58. The zero-order chi connectivity index (χ0) is 16.6. The van der Waals surface area contributed by atoms with E-state index >= 15 is 0 Å². The summed E-state index contributed by atoms with van der Waals surface area (Å²) in [6, 6.07) is 12.8. The number of fused-ring (bicyclic) bond motifs is 1. The van der Waals surface area contributed by atoms with Crippen molar-refractivity contribution in [3.63, 3.8) is 0 Å². The Morgan fingerprint density at radius 2 is 1.74 bits per heavy atom. The van der Waals surface area contributed by atoms with Gasteiger partial charge in [0, 0.05) is 5.69 Å². The van der Waals surface area contributed by atoms with Crippen LogP contribution in [-0.4, -0.2) is 14.3 Å². The smallest absolute Gasteiger partial charge is 0.268 e. The van der Waals surface area contributed by atoms with Gasteiger partial charge in [0.15, 0.2) is 0 Å². The zero-order valence-electron chi connectivity index (χ0n) is 12.2. The molecule has 0 aliphatic carbocycles. The number of aryl methyl sites for hydroxylation is 1. The molecule has 2 aromatic carbocycles. The summed E-state index contributed by atoms with van der Waals surface area (Å²) in [6.07, 6.45) is 0. The minimum absolute atomic E-state index is 0.0892. The number of hydrogen-bond donors (Lipinski definition) is 2. The molecule has 1 aliphatic heterocycles. The number of nitrogens with one attached hydrogen (secondary N) is 2. The second kappa shape index (κ2) is 5.44. The second-order valence-corrected chi connectivity index (χ2v) is 6.96. The van der Waals surface area contributed by atoms with Crippen LogP contribution >= 0.6 is 0 Å². The minimum Gasteiger partial charge on any atom is -0.859 e. The molecule has 2 aromatic rings. The van der Waals surface area contributed by atoms with Crippen LogP contribution in [0.2, 0.25) is 0 Å². The Morgan fingerprint density at radius 3 is 2.43 bits per heavy atom. The summed E-state index contributed by atoms with van der Waals surface area (Å²) in [5, 5.41) is 16.9. The molecule has 0 saturated carbocycles. The number of para-hydroxylation sites is 1. The van der Waals surface area contributed by atoms with Crippen LogP contribution in [0.4, 0.5) is 11.4 Å². The molecule has 0 unspecified atom stereocenters. The van der Waals surface area contributed by atoms with E-state index in [1.54, 1.807) is 30.3 Å². The van der Waals surface area contributed by atoms with Gasteiger partial charge in [-0.25, -0.2) is 8.42 Å². The van der Waals surface area contributed by atoms with E-state index in [1.807, 2.05) is 6.92 Å². The normalized spacial score (nSPS) is 15.5. The van der Waals surface area contributed by atoms with Gasteiger partial charge in [-0.2, -0.15) is 0 Å². The van der Waals surface area contributed by atoms with Gasteiger partial charge in [-0.05, 0) is 37.1 Å². The van der Waals surface area contributed by atoms with E-state index in [-0.39, 0.29) is 10.6 Å². The molecule has 23 heavy (non-hydrogen) atoms.